The first kappa shape index (κ1) is 15.7. The minimum Gasteiger partial charge on any atom is -0.390 e. The molecule has 3 aliphatic rings. The fraction of sp³-hybridized carbons (Fsp3) is 0.500. The molecule has 0 atom stereocenters. The van der Waals surface area contributed by atoms with Crippen LogP contribution in [0.2, 0.25) is 0 Å². The van der Waals surface area contributed by atoms with Crippen LogP contribution >= 0.6 is 0 Å². The summed E-state index contributed by atoms with van der Waals surface area (Å²) < 4.78 is 0. The number of aldehydes is 1. The lowest BCUT2D eigenvalue weighted by Crippen LogP contribution is -2.48. The number of rotatable bonds is 5. The number of amides is 1. The first-order valence-electron chi connectivity index (χ1n) is 8.18. The molecule has 3 saturated carbocycles. The maximum Gasteiger partial charge on any atom is 0.230 e. The van der Waals surface area contributed by atoms with Gasteiger partial charge in [-0.3, -0.25) is 9.79 Å². The number of aliphatic imine (C=N–C) groups is 1. The van der Waals surface area contributed by atoms with E-state index in [9.17, 15) is 9.59 Å². The fourth-order valence-electron chi connectivity index (χ4n) is 3.85. The maximum absolute atomic E-state index is 12.8. The molecule has 0 saturated heterocycles. The number of anilines is 1. The Kier molecular flexibility index (Phi) is 4.20. The van der Waals surface area contributed by atoms with E-state index in [0.29, 0.717) is 6.54 Å². The highest BCUT2D eigenvalue weighted by Gasteiger charge is 2.52. The molecular weight excluding hydrogens is 290 g/mol. The average Bonchev–Trinajstić information content (AvgIpc) is 2.62. The summed E-state index contributed by atoms with van der Waals surface area (Å²) in [6.07, 6.45) is 7.42. The van der Waals surface area contributed by atoms with E-state index in [-0.39, 0.29) is 16.7 Å². The third-order valence-electron chi connectivity index (χ3n) is 5.63. The van der Waals surface area contributed by atoms with E-state index in [4.69, 9.17) is 5.73 Å². The van der Waals surface area contributed by atoms with Gasteiger partial charge < -0.3 is 15.8 Å². The number of carbonyl (C=O) groups is 2. The van der Waals surface area contributed by atoms with Gasteiger partial charge in [-0.2, -0.15) is 0 Å². The van der Waals surface area contributed by atoms with Gasteiger partial charge in [-0.1, -0.05) is 12.1 Å². The molecule has 3 aliphatic carbocycles. The van der Waals surface area contributed by atoms with Crippen LogP contribution in [-0.2, 0) is 16.1 Å². The maximum atomic E-state index is 12.8. The van der Waals surface area contributed by atoms with Crippen molar-refractivity contribution in [3.8, 4) is 0 Å². The standard InChI is InChI=1S/C18H23N3O2/c19-13-20-11-14-1-3-15(4-2-14)21-16(23)18-8-5-17(12-22,6-9-18)7-10-18/h1-4,12-13H,5-11H2,(H2,19,20)(H,21,23). The van der Waals surface area contributed by atoms with Crippen molar-refractivity contribution in [2.24, 2.45) is 21.6 Å². The predicted octanol–water partition coefficient (Wildman–Crippen LogP) is 2.65. The molecule has 23 heavy (non-hydrogen) atoms. The Bertz CT molecular complexity index is 597. The molecular formula is C18H23N3O2. The predicted molar refractivity (Wildman–Crippen MR) is 90.1 cm³/mol. The first-order valence-corrected chi connectivity index (χ1v) is 8.18. The molecule has 1 aromatic rings. The molecule has 0 radical (unpaired) electrons. The second kappa shape index (κ2) is 6.14. The van der Waals surface area contributed by atoms with E-state index in [1.54, 1.807) is 0 Å². The molecule has 0 heterocycles. The summed E-state index contributed by atoms with van der Waals surface area (Å²) >= 11 is 0. The van der Waals surface area contributed by atoms with Crippen LogP contribution in [0.4, 0.5) is 5.69 Å². The summed E-state index contributed by atoms with van der Waals surface area (Å²) in [7, 11) is 0. The highest BCUT2D eigenvalue weighted by atomic mass is 16.2. The molecule has 3 fully saturated rings. The summed E-state index contributed by atoms with van der Waals surface area (Å²) in [6.45, 7) is 0.544. The molecule has 2 bridgehead atoms. The van der Waals surface area contributed by atoms with Crippen molar-refractivity contribution in [2.75, 3.05) is 5.32 Å². The Morgan fingerprint density at radius 3 is 2.26 bits per heavy atom. The second-order valence-electron chi connectivity index (χ2n) is 6.90. The molecule has 0 spiro atoms. The lowest BCUT2D eigenvalue weighted by Gasteiger charge is -2.49. The summed E-state index contributed by atoms with van der Waals surface area (Å²) in [5.41, 5.74) is 6.67. The van der Waals surface area contributed by atoms with Crippen LogP contribution < -0.4 is 11.1 Å². The quantitative estimate of drug-likeness (QED) is 0.498. The molecule has 5 heteroatoms. The van der Waals surface area contributed by atoms with Crippen molar-refractivity contribution in [3.05, 3.63) is 29.8 Å². The Morgan fingerprint density at radius 2 is 1.74 bits per heavy atom. The lowest BCUT2D eigenvalue weighted by molar-refractivity contribution is -0.139. The molecule has 0 aliphatic heterocycles. The molecule has 122 valence electrons. The molecule has 0 aromatic heterocycles. The Hall–Kier alpha value is -2.17. The van der Waals surface area contributed by atoms with Crippen molar-refractivity contribution in [3.63, 3.8) is 0 Å². The zero-order chi connectivity index (χ0) is 16.3. The Balaban J connectivity index is 1.64. The van der Waals surface area contributed by atoms with Crippen molar-refractivity contribution in [1.29, 1.82) is 0 Å². The molecule has 1 amide bonds. The van der Waals surface area contributed by atoms with E-state index in [1.165, 1.54) is 6.34 Å². The van der Waals surface area contributed by atoms with E-state index < -0.39 is 0 Å². The van der Waals surface area contributed by atoms with Gasteiger partial charge in [0, 0.05) is 16.5 Å². The smallest absolute Gasteiger partial charge is 0.230 e. The highest BCUT2D eigenvalue weighted by molar-refractivity contribution is 5.95. The zero-order valence-corrected chi connectivity index (χ0v) is 13.3. The second-order valence-corrected chi connectivity index (χ2v) is 6.90. The van der Waals surface area contributed by atoms with Crippen molar-refractivity contribution in [2.45, 2.75) is 45.1 Å². The average molecular weight is 313 g/mol. The number of carbonyl (C=O) groups excluding carboxylic acids is 2. The third kappa shape index (κ3) is 3.00. The van der Waals surface area contributed by atoms with Gasteiger partial charge in [-0.05, 0) is 56.2 Å². The van der Waals surface area contributed by atoms with Crippen LogP contribution in [0.15, 0.2) is 29.3 Å². The minimum absolute atomic E-state index is 0.101. The van der Waals surface area contributed by atoms with Crippen LogP contribution in [0.5, 0.6) is 0 Å². The normalized spacial score (nSPS) is 29.6. The van der Waals surface area contributed by atoms with Crippen molar-refractivity contribution in [1.82, 2.24) is 0 Å². The fourth-order valence-corrected chi connectivity index (χ4v) is 3.85. The van der Waals surface area contributed by atoms with Gasteiger partial charge in [0.2, 0.25) is 5.91 Å². The number of hydrogen-bond acceptors (Lipinski definition) is 3. The van der Waals surface area contributed by atoms with E-state index >= 15 is 0 Å². The largest absolute Gasteiger partial charge is 0.390 e. The number of nitrogens with zero attached hydrogens (tertiary/aromatic N) is 1. The summed E-state index contributed by atoms with van der Waals surface area (Å²) in [5, 5.41) is 3.05. The molecule has 3 N–H and O–H groups in total. The van der Waals surface area contributed by atoms with Crippen molar-refractivity contribution >= 4 is 24.2 Å². The van der Waals surface area contributed by atoms with Gasteiger partial charge in [0.05, 0.1) is 12.9 Å². The van der Waals surface area contributed by atoms with Crippen molar-refractivity contribution < 1.29 is 9.59 Å². The highest BCUT2D eigenvalue weighted by Crippen LogP contribution is 2.56. The van der Waals surface area contributed by atoms with Gasteiger partial charge in [-0.25, -0.2) is 0 Å². The summed E-state index contributed by atoms with van der Waals surface area (Å²) in [6, 6.07) is 7.69. The van der Waals surface area contributed by atoms with Gasteiger partial charge in [0.25, 0.3) is 0 Å². The van der Waals surface area contributed by atoms with Crippen LogP contribution in [0.3, 0.4) is 0 Å². The van der Waals surface area contributed by atoms with Gasteiger partial charge >= 0.3 is 0 Å². The lowest BCUT2D eigenvalue weighted by atomic mass is 9.54. The SMILES string of the molecule is NC=NCc1ccc(NC(=O)C23CCC(C=O)(CC2)CC3)cc1. The van der Waals surface area contributed by atoms with Crippen LogP contribution in [-0.4, -0.2) is 18.5 Å². The first-order chi connectivity index (χ1) is 11.1. The van der Waals surface area contributed by atoms with Crippen LogP contribution in [0.1, 0.15) is 44.1 Å². The van der Waals surface area contributed by atoms with E-state index in [0.717, 1.165) is 56.1 Å². The number of nitrogens with one attached hydrogen (secondary N) is 1. The number of hydrogen-bond donors (Lipinski definition) is 2. The number of fused-ring (bicyclic) bond motifs is 3. The third-order valence-corrected chi connectivity index (χ3v) is 5.63. The minimum atomic E-state index is -0.284. The number of nitrogens with two attached hydrogens (primary N) is 1. The van der Waals surface area contributed by atoms with E-state index in [1.807, 2.05) is 24.3 Å². The number of benzene rings is 1. The molecule has 5 nitrogen and oxygen atoms in total. The zero-order valence-electron chi connectivity index (χ0n) is 13.3. The Labute approximate surface area is 136 Å². The Morgan fingerprint density at radius 1 is 1.13 bits per heavy atom. The van der Waals surface area contributed by atoms with Gasteiger partial charge in [0.15, 0.2) is 0 Å². The molecule has 1 aromatic carbocycles. The van der Waals surface area contributed by atoms with Gasteiger partial charge in [-0.15, -0.1) is 0 Å². The summed E-state index contributed by atoms with van der Waals surface area (Å²) in [4.78, 5) is 28.0. The topological polar surface area (TPSA) is 84.5 Å². The van der Waals surface area contributed by atoms with E-state index in [2.05, 4.69) is 10.3 Å². The van der Waals surface area contributed by atoms with Gasteiger partial charge in [0.1, 0.15) is 6.29 Å². The molecule has 0 unspecified atom stereocenters. The summed E-state index contributed by atoms with van der Waals surface area (Å²) in [5.74, 6) is 0.101. The molecule has 4 rings (SSSR count). The van der Waals surface area contributed by atoms with Crippen LogP contribution in [0, 0.1) is 10.8 Å². The van der Waals surface area contributed by atoms with Crippen LogP contribution in [0.25, 0.3) is 0 Å². The monoisotopic (exact) mass is 313 g/mol.